The van der Waals surface area contributed by atoms with Gasteiger partial charge in [-0.2, -0.15) is 4.98 Å². The summed E-state index contributed by atoms with van der Waals surface area (Å²) in [5.74, 6) is 0.167. The molecule has 0 aliphatic rings. The zero-order chi connectivity index (χ0) is 11.4. The van der Waals surface area contributed by atoms with Gasteiger partial charge < -0.3 is 10.1 Å². The maximum Gasteiger partial charge on any atom is 0.239 e. The van der Waals surface area contributed by atoms with E-state index in [4.69, 9.17) is 16.3 Å². The van der Waals surface area contributed by atoms with Gasteiger partial charge in [-0.1, -0.05) is 11.6 Å². The predicted molar refractivity (Wildman–Crippen MR) is 59.3 cm³/mol. The summed E-state index contributed by atoms with van der Waals surface area (Å²) in [6.45, 7) is 5.17. The molecule has 0 aliphatic heterocycles. The van der Waals surface area contributed by atoms with Crippen LogP contribution in [0.4, 0.5) is 5.69 Å². The number of halogens is 1. The number of hydrogen-bond acceptors (Lipinski definition) is 3. The molecular weight excluding hydrogens is 216 g/mol. The summed E-state index contributed by atoms with van der Waals surface area (Å²) in [6, 6.07) is 3.26. The minimum atomic E-state index is -0.173. The Hall–Kier alpha value is -1.29. The Kier molecular flexibility index (Phi) is 3.91. The highest BCUT2D eigenvalue weighted by molar-refractivity contribution is 6.29. The average Bonchev–Trinajstić information content (AvgIpc) is 2.08. The van der Waals surface area contributed by atoms with Gasteiger partial charge >= 0.3 is 0 Å². The van der Waals surface area contributed by atoms with Gasteiger partial charge in [0.25, 0.3) is 0 Å². The summed E-state index contributed by atoms with van der Waals surface area (Å²) in [6.07, 6.45) is -0.0246. The molecule has 1 heterocycles. The van der Waals surface area contributed by atoms with Crippen LogP contribution in [0, 0.1) is 0 Å². The smallest absolute Gasteiger partial charge is 0.239 e. The number of carbonyl (C=O) groups is 1. The molecule has 0 saturated heterocycles. The van der Waals surface area contributed by atoms with Crippen LogP contribution in [0.15, 0.2) is 12.1 Å². The molecule has 0 aliphatic carbocycles. The molecule has 1 aromatic heterocycles. The van der Waals surface area contributed by atoms with Gasteiger partial charge in [0.05, 0.1) is 6.10 Å². The van der Waals surface area contributed by atoms with Crippen molar-refractivity contribution in [2.45, 2.75) is 26.9 Å². The van der Waals surface area contributed by atoms with Crippen molar-refractivity contribution in [2.24, 2.45) is 0 Å². The minimum absolute atomic E-state index is 0.0246. The lowest BCUT2D eigenvalue weighted by Gasteiger charge is -2.13. The van der Waals surface area contributed by atoms with E-state index in [2.05, 4.69) is 10.3 Å². The van der Waals surface area contributed by atoms with Gasteiger partial charge in [-0.05, 0) is 26.0 Å². The Morgan fingerprint density at radius 1 is 1.53 bits per heavy atom. The van der Waals surface area contributed by atoms with E-state index in [-0.39, 0.29) is 12.0 Å². The zero-order valence-corrected chi connectivity index (χ0v) is 9.63. The number of aromatic nitrogens is 1. The second-order valence-electron chi connectivity index (χ2n) is 3.33. The highest BCUT2D eigenvalue weighted by Crippen LogP contribution is 2.24. The number of nitrogens with zero attached hydrogens (tertiary/aromatic N) is 1. The van der Waals surface area contributed by atoms with E-state index in [0.717, 1.165) is 0 Å². The Morgan fingerprint density at radius 3 is 2.73 bits per heavy atom. The molecular formula is C10H13ClN2O2. The molecule has 1 aromatic rings. The number of pyridine rings is 1. The molecule has 1 N–H and O–H groups in total. The van der Waals surface area contributed by atoms with Crippen molar-refractivity contribution in [3.63, 3.8) is 0 Å². The maximum absolute atomic E-state index is 10.9. The molecule has 5 heteroatoms. The topological polar surface area (TPSA) is 51.2 Å². The highest BCUT2D eigenvalue weighted by atomic mass is 35.5. The SMILES string of the molecule is CC(=O)Nc1ccc(Cl)nc1OC(C)C. The molecule has 0 aromatic carbocycles. The van der Waals surface area contributed by atoms with Crippen LogP contribution in [0.2, 0.25) is 5.15 Å². The summed E-state index contributed by atoms with van der Waals surface area (Å²) in [5.41, 5.74) is 0.528. The first-order valence-corrected chi connectivity index (χ1v) is 4.97. The Labute approximate surface area is 93.6 Å². The third-order valence-corrected chi connectivity index (χ3v) is 1.69. The summed E-state index contributed by atoms with van der Waals surface area (Å²) in [4.78, 5) is 14.9. The number of rotatable bonds is 3. The van der Waals surface area contributed by atoms with E-state index in [1.807, 2.05) is 13.8 Å². The molecule has 82 valence electrons. The van der Waals surface area contributed by atoms with E-state index in [1.165, 1.54) is 6.92 Å². The van der Waals surface area contributed by atoms with Crippen molar-refractivity contribution in [2.75, 3.05) is 5.32 Å². The standard InChI is InChI=1S/C10H13ClN2O2/c1-6(2)15-10-8(12-7(3)14)4-5-9(11)13-10/h4-6H,1-3H3,(H,12,14). The molecule has 15 heavy (non-hydrogen) atoms. The fraction of sp³-hybridized carbons (Fsp3) is 0.400. The number of anilines is 1. The van der Waals surface area contributed by atoms with Crippen molar-refractivity contribution in [1.29, 1.82) is 0 Å². The van der Waals surface area contributed by atoms with Crippen molar-refractivity contribution < 1.29 is 9.53 Å². The summed E-state index contributed by atoms with van der Waals surface area (Å²) < 4.78 is 5.42. The molecule has 0 spiro atoms. The Morgan fingerprint density at radius 2 is 2.20 bits per heavy atom. The number of nitrogens with one attached hydrogen (secondary N) is 1. The molecule has 0 fully saturated rings. The second-order valence-corrected chi connectivity index (χ2v) is 3.72. The molecule has 0 radical (unpaired) electrons. The summed E-state index contributed by atoms with van der Waals surface area (Å²) in [7, 11) is 0. The number of carbonyl (C=O) groups excluding carboxylic acids is 1. The second kappa shape index (κ2) is 4.98. The van der Waals surface area contributed by atoms with Gasteiger partial charge in [0, 0.05) is 6.92 Å². The zero-order valence-electron chi connectivity index (χ0n) is 8.87. The van der Waals surface area contributed by atoms with Gasteiger partial charge in [0.15, 0.2) is 0 Å². The summed E-state index contributed by atoms with van der Waals surface area (Å²) >= 11 is 5.73. The van der Waals surface area contributed by atoms with Crippen LogP contribution in [0.5, 0.6) is 5.88 Å². The first kappa shape index (κ1) is 11.8. The molecule has 0 saturated carbocycles. The lowest BCUT2D eigenvalue weighted by Crippen LogP contribution is -2.12. The van der Waals surface area contributed by atoms with Crippen LogP contribution < -0.4 is 10.1 Å². The quantitative estimate of drug-likeness (QED) is 0.809. The first-order valence-electron chi connectivity index (χ1n) is 4.60. The number of ether oxygens (including phenoxy) is 1. The molecule has 1 amide bonds. The van der Waals surface area contributed by atoms with Crippen molar-refractivity contribution in [3.8, 4) is 5.88 Å². The third-order valence-electron chi connectivity index (χ3n) is 1.48. The van der Waals surface area contributed by atoms with Crippen LogP contribution >= 0.6 is 11.6 Å². The van der Waals surface area contributed by atoms with Gasteiger partial charge in [0.2, 0.25) is 11.8 Å². The van der Waals surface area contributed by atoms with Crippen LogP contribution in [-0.4, -0.2) is 17.0 Å². The Balaban J connectivity index is 2.97. The minimum Gasteiger partial charge on any atom is -0.473 e. The van der Waals surface area contributed by atoms with E-state index >= 15 is 0 Å². The van der Waals surface area contributed by atoms with Crippen LogP contribution in [0.25, 0.3) is 0 Å². The van der Waals surface area contributed by atoms with Crippen molar-refractivity contribution in [3.05, 3.63) is 17.3 Å². The third kappa shape index (κ3) is 3.75. The maximum atomic E-state index is 10.9. The van der Waals surface area contributed by atoms with Gasteiger partial charge in [-0.15, -0.1) is 0 Å². The lowest BCUT2D eigenvalue weighted by molar-refractivity contribution is -0.114. The predicted octanol–water partition coefficient (Wildman–Crippen LogP) is 2.48. The van der Waals surface area contributed by atoms with Crippen LogP contribution in [0.3, 0.4) is 0 Å². The summed E-state index contributed by atoms with van der Waals surface area (Å²) in [5, 5.41) is 2.95. The van der Waals surface area contributed by atoms with E-state index in [1.54, 1.807) is 12.1 Å². The first-order chi connectivity index (χ1) is 6.99. The normalized spacial score (nSPS) is 10.2. The number of hydrogen-bond donors (Lipinski definition) is 1. The largest absolute Gasteiger partial charge is 0.473 e. The van der Waals surface area contributed by atoms with E-state index < -0.39 is 0 Å². The van der Waals surface area contributed by atoms with E-state index in [0.29, 0.717) is 16.7 Å². The van der Waals surface area contributed by atoms with Crippen LogP contribution in [-0.2, 0) is 4.79 Å². The molecule has 4 nitrogen and oxygen atoms in total. The highest BCUT2D eigenvalue weighted by Gasteiger charge is 2.09. The molecule has 1 rings (SSSR count). The number of amides is 1. The van der Waals surface area contributed by atoms with Gasteiger partial charge in [-0.3, -0.25) is 4.79 Å². The van der Waals surface area contributed by atoms with Crippen molar-refractivity contribution in [1.82, 2.24) is 4.98 Å². The van der Waals surface area contributed by atoms with Crippen molar-refractivity contribution >= 4 is 23.2 Å². The molecule has 0 unspecified atom stereocenters. The fourth-order valence-electron chi connectivity index (χ4n) is 1.02. The van der Waals surface area contributed by atoms with Gasteiger partial charge in [-0.25, -0.2) is 0 Å². The van der Waals surface area contributed by atoms with Crippen LogP contribution in [0.1, 0.15) is 20.8 Å². The van der Waals surface area contributed by atoms with E-state index in [9.17, 15) is 4.79 Å². The van der Waals surface area contributed by atoms with Gasteiger partial charge in [0.1, 0.15) is 10.8 Å². The Bertz CT molecular complexity index is 366. The fourth-order valence-corrected chi connectivity index (χ4v) is 1.16. The molecule has 0 bridgehead atoms. The average molecular weight is 229 g/mol. The lowest BCUT2D eigenvalue weighted by atomic mass is 10.4. The molecule has 0 atom stereocenters. The monoisotopic (exact) mass is 228 g/mol.